The summed E-state index contributed by atoms with van der Waals surface area (Å²) in [5.74, 6) is -0.645. The molecular weight excluding hydrogens is 693 g/mol. The molecule has 0 aliphatic rings. The molecule has 5 nitrogen and oxygen atoms in total. The van der Waals surface area contributed by atoms with Crippen LogP contribution in [0.3, 0.4) is 0 Å². The molecule has 56 heavy (non-hydrogen) atoms. The van der Waals surface area contributed by atoms with Gasteiger partial charge in [-0.1, -0.05) is 188 Å². The normalized spacial score (nSPS) is 13.1. The summed E-state index contributed by atoms with van der Waals surface area (Å²) in [7, 11) is 0. The molecule has 0 aliphatic heterocycles. The van der Waals surface area contributed by atoms with Gasteiger partial charge in [0.2, 0.25) is 0 Å². The van der Waals surface area contributed by atoms with Gasteiger partial charge in [0.15, 0.2) is 6.10 Å². The molecule has 1 atom stereocenters. The summed E-state index contributed by atoms with van der Waals surface area (Å²) in [4.78, 5) is 24.3. The predicted molar refractivity (Wildman–Crippen MR) is 242 cm³/mol. The monoisotopic (exact) mass is 777 g/mol. The van der Waals surface area contributed by atoms with Gasteiger partial charge in [0, 0.05) is 12.8 Å². The largest absolute Gasteiger partial charge is 0.462 e. The Kier molecular flexibility index (Phi) is 43.6. The van der Waals surface area contributed by atoms with Crippen LogP contribution >= 0.6 is 0 Å². The Balaban J connectivity index is 3.56. The van der Waals surface area contributed by atoms with E-state index in [0.29, 0.717) is 12.8 Å². The first kappa shape index (κ1) is 52.8. The van der Waals surface area contributed by atoms with Gasteiger partial charge in [-0.2, -0.15) is 0 Å². The maximum Gasteiger partial charge on any atom is 0.306 e. The number of allylic oxidation sites excluding steroid dienone is 16. The number of aliphatic hydroxyl groups excluding tert-OH is 1. The van der Waals surface area contributed by atoms with E-state index in [9.17, 15) is 14.7 Å². The highest BCUT2D eigenvalue weighted by molar-refractivity contribution is 5.70. The molecule has 0 heterocycles. The molecule has 0 spiro atoms. The van der Waals surface area contributed by atoms with Crippen LogP contribution in [0.4, 0.5) is 0 Å². The van der Waals surface area contributed by atoms with Crippen LogP contribution < -0.4 is 0 Å². The molecule has 1 unspecified atom stereocenters. The van der Waals surface area contributed by atoms with Crippen LogP contribution in [0.2, 0.25) is 0 Å². The van der Waals surface area contributed by atoms with E-state index in [1.54, 1.807) is 0 Å². The summed E-state index contributed by atoms with van der Waals surface area (Å²) in [6.07, 6.45) is 64.9. The van der Waals surface area contributed by atoms with Crippen molar-refractivity contribution >= 4 is 11.9 Å². The van der Waals surface area contributed by atoms with E-state index in [0.717, 1.165) is 89.9 Å². The highest BCUT2D eigenvalue weighted by atomic mass is 16.6. The second-order valence-electron chi connectivity index (χ2n) is 14.7. The number of aliphatic hydroxyl groups is 1. The van der Waals surface area contributed by atoms with Crippen molar-refractivity contribution in [3.63, 3.8) is 0 Å². The summed E-state index contributed by atoms with van der Waals surface area (Å²) < 4.78 is 10.6. The lowest BCUT2D eigenvalue weighted by Gasteiger charge is -2.15. The maximum atomic E-state index is 12.2. The lowest BCUT2D eigenvalue weighted by Crippen LogP contribution is -2.28. The van der Waals surface area contributed by atoms with Gasteiger partial charge in [0.05, 0.1) is 6.61 Å². The van der Waals surface area contributed by atoms with Crippen LogP contribution in [0.1, 0.15) is 194 Å². The molecule has 1 N–H and O–H groups in total. The van der Waals surface area contributed by atoms with Crippen LogP contribution in [0.15, 0.2) is 97.2 Å². The van der Waals surface area contributed by atoms with Crippen molar-refractivity contribution in [3.8, 4) is 0 Å². The lowest BCUT2D eigenvalue weighted by atomic mass is 10.0. The average Bonchev–Trinajstić information content (AvgIpc) is 3.20. The number of unbranched alkanes of at least 4 members (excludes halogenated alkanes) is 16. The standard InChI is InChI=1S/C51H84O5/c1-3-5-7-9-11-13-15-17-19-20-21-22-23-24-25-26-27-28-29-30-32-34-36-38-40-42-44-46-51(54)56-49(47-52)48-55-50(53)45-43-41-39-37-35-33-31-18-16-14-12-10-8-6-4-2/h5-8,11-14,17-19,21-22,31,35,37,49,52H,3-4,9-10,15-16,20,23-30,32-34,36,38-48H2,1-2H3/b7-5-,8-6-,13-11-,14-12-,19-17-,22-21-,31-18-,37-35-. The summed E-state index contributed by atoms with van der Waals surface area (Å²) >= 11 is 0. The van der Waals surface area contributed by atoms with Crippen molar-refractivity contribution in [1.29, 1.82) is 0 Å². The second kappa shape index (κ2) is 46.2. The minimum Gasteiger partial charge on any atom is -0.462 e. The van der Waals surface area contributed by atoms with Gasteiger partial charge < -0.3 is 14.6 Å². The fraction of sp³-hybridized carbons (Fsp3) is 0.647. The zero-order valence-corrected chi connectivity index (χ0v) is 36.1. The van der Waals surface area contributed by atoms with Crippen LogP contribution in [0.5, 0.6) is 0 Å². The molecule has 0 saturated carbocycles. The van der Waals surface area contributed by atoms with E-state index in [1.165, 1.54) is 77.0 Å². The zero-order chi connectivity index (χ0) is 40.7. The Bertz CT molecular complexity index is 1110. The lowest BCUT2D eigenvalue weighted by molar-refractivity contribution is -0.161. The highest BCUT2D eigenvalue weighted by Crippen LogP contribution is 2.14. The average molecular weight is 777 g/mol. The molecule has 0 fully saturated rings. The molecule has 0 rings (SSSR count). The van der Waals surface area contributed by atoms with E-state index >= 15 is 0 Å². The topological polar surface area (TPSA) is 72.8 Å². The summed E-state index contributed by atoms with van der Waals surface area (Å²) in [5, 5.41) is 9.59. The van der Waals surface area contributed by atoms with Crippen molar-refractivity contribution in [2.75, 3.05) is 13.2 Å². The summed E-state index contributed by atoms with van der Waals surface area (Å²) in [6, 6.07) is 0. The van der Waals surface area contributed by atoms with Gasteiger partial charge >= 0.3 is 11.9 Å². The third kappa shape index (κ3) is 43.5. The molecule has 0 aromatic carbocycles. The summed E-state index contributed by atoms with van der Waals surface area (Å²) in [6.45, 7) is 3.87. The van der Waals surface area contributed by atoms with Crippen LogP contribution in [0, 0.1) is 0 Å². The van der Waals surface area contributed by atoms with Crippen LogP contribution in [-0.2, 0) is 19.1 Å². The third-order valence-corrected chi connectivity index (χ3v) is 9.37. The third-order valence-electron chi connectivity index (χ3n) is 9.37. The Morgan fingerprint density at radius 1 is 0.411 bits per heavy atom. The number of hydrogen-bond donors (Lipinski definition) is 1. The van der Waals surface area contributed by atoms with E-state index in [1.807, 2.05) is 0 Å². The van der Waals surface area contributed by atoms with Crippen LogP contribution in [-0.4, -0.2) is 36.4 Å². The summed E-state index contributed by atoms with van der Waals surface area (Å²) in [5.41, 5.74) is 0. The first-order valence-corrected chi connectivity index (χ1v) is 22.8. The van der Waals surface area contributed by atoms with E-state index in [2.05, 4.69) is 111 Å². The van der Waals surface area contributed by atoms with Crippen molar-refractivity contribution < 1.29 is 24.2 Å². The number of carbonyl (C=O) groups is 2. The number of rotatable bonds is 40. The second-order valence-corrected chi connectivity index (χ2v) is 14.7. The predicted octanol–water partition coefficient (Wildman–Crippen LogP) is 14.8. The molecule has 0 bridgehead atoms. The van der Waals surface area contributed by atoms with Crippen molar-refractivity contribution in [3.05, 3.63) is 97.2 Å². The van der Waals surface area contributed by atoms with Gasteiger partial charge in [-0.3, -0.25) is 9.59 Å². The highest BCUT2D eigenvalue weighted by Gasteiger charge is 2.16. The fourth-order valence-electron chi connectivity index (χ4n) is 6.01. The number of hydrogen-bond acceptors (Lipinski definition) is 5. The molecule has 0 aliphatic carbocycles. The van der Waals surface area contributed by atoms with E-state index in [4.69, 9.17) is 9.47 Å². The Morgan fingerprint density at radius 3 is 1.11 bits per heavy atom. The van der Waals surface area contributed by atoms with Crippen molar-refractivity contribution in [1.82, 2.24) is 0 Å². The zero-order valence-electron chi connectivity index (χ0n) is 36.1. The minimum atomic E-state index is -0.794. The van der Waals surface area contributed by atoms with E-state index in [-0.39, 0.29) is 25.2 Å². The van der Waals surface area contributed by atoms with E-state index < -0.39 is 6.10 Å². The van der Waals surface area contributed by atoms with Crippen LogP contribution in [0.25, 0.3) is 0 Å². The molecular formula is C51H84O5. The van der Waals surface area contributed by atoms with Gasteiger partial charge in [0.25, 0.3) is 0 Å². The SMILES string of the molecule is CC/C=C\C/C=C\C/C=C\C/C=C\CCCCCCCCCCCCCCCCC(=O)OC(CO)COC(=O)CCCC/C=C\C/C=C\C/C=C\C/C=C\CC. The smallest absolute Gasteiger partial charge is 0.306 e. The molecule has 0 amide bonds. The number of esters is 2. The Hall–Kier alpha value is -3.18. The molecule has 318 valence electrons. The first-order valence-electron chi connectivity index (χ1n) is 22.8. The molecule has 0 radical (unpaired) electrons. The number of carbonyl (C=O) groups excluding carboxylic acids is 2. The Labute approximate surface area is 345 Å². The maximum absolute atomic E-state index is 12.2. The fourth-order valence-corrected chi connectivity index (χ4v) is 6.01. The Morgan fingerprint density at radius 2 is 0.714 bits per heavy atom. The minimum absolute atomic E-state index is 0.0921. The molecule has 0 saturated heterocycles. The number of ether oxygens (including phenoxy) is 2. The van der Waals surface area contributed by atoms with Gasteiger partial charge in [-0.05, 0) is 89.9 Å². The van der Waals surface area contributed by atoms with Gasteiger partial charge in [-0.25, -0.2) is 0 Å². The van der Waals surface area contributed by atoms with Crippen molar-refractivity contribution in [2.24, 2.45) is 0 Å². The quantitative estimate of drug-likeness (QED) is 0.0381. The van der Waals surface area contributed by atoms with Gasteiger partial charge in [-0.15, -0.1) is 0 Å². The van der Waals surface area contributed by atoms with Gasteiger partial charge in [0.1, 0.15) is 6.61 Å². The molecule has 0 aromatic rings. The first-order chi connectivity index (χ1) is 27.6. The molecule has 5 heteroatoms. The van der Waals surface area contributed by atoms with Crippen molar-refractivity contribution in [2.45, 2.75) is 200 Å². The molecule has 0 aromatic heterocycles.